The molecule has 28 heavy (non-hydrogen) atoms. The molecule has 1 aromatic carbocycles. The van der Waals surface area contributed by atoms with Crippen LogP contribution in [0, 0.1) is 12.8 Å². The molecule has 8 heteroatoms. The van der Waals surface area contributed by atoms with Crippen LogP contribution in [-0.2, 0) is 11.3 Å². The van der Waals surface area contributed by atoms with Crippen molar-refractivity contribution >= 4 is 17.7 Å². The molecule has 0 spiro atoms. The number of hydrogen-bond donors (Lipinski definition) is 2. The van der Waals surface area contributed by atoms with Gasteiger partial charge in [-0.1, -0.05) is 30.3 Å². The van der Waals surface area contributed by atoms with Crippen LogP contribution >= 0.6 is 0 Å². The summed E-state index contributed by atoms with van der Waals surface area (Å²) in [5, 5.41) is 2.88. The van der Waals surface area contributed by atoms with Crippen molar-refractivity contribution in [2.24, 2.45) is 5.92 Å². The number of ether oxygens (including phenoxy) is 1. The molecule has 2 heterocycles. The van der Waals surface area contributed by atoms with Crippen LogP contribution < -0.4 is 11.1 Å². The minimum atomic E-state index is -0.298. The number of nitrogens with zero attached hydrogens (tertiary/aromatic N) is 3. The summed E-state index contributed by atoms with van der Waals surface area (Å²) < 4.78 is 5.37. The van der Waals surface area contributed by atoms with Crippen molar-refractivity contribution in [3.8, 4) is 0 Å². The largest absolute Gasteiger partial charge is 0.445 e. The lowest BCUT2D eigenvalue weighted by Crippen LogP contribution is -2.41. The highest BCUT2D eigenvalue weighted by atomic mass is 16.6. The highest BCUT2D eigenvalue weighted by Gasteiger charge is 2.24. The van der Waals surface area contributed by atoms with E-state index in [2.05, 4.69) is 15.3 Å². The maximum absolute atomic E-state index is 12.3. The van der Waals surface area contributed by atoms with E-state index in [0.717, 1.165) is 18.4 Å². The number of aryl methyl sites for hydroxylation is 1. The molecule has 0 atom stereocenters. The first kappa shape index (κ1) is 19.6. The van der Waals surface area contributed by atoms with Gasteiger partial charge in [-0.25, -0.2) is 14.8 Å². The maximum Gasteiger partial charge on any atom is 0.410 e. The molecular weight excluding hydrogens is 358 g/mol. The lowest BCUT2D eigenvalue weighted by atomic mass is 9.97. The molecule has 3 N–H and O–H groups in total. The quantitative estimate of drug-likeness (QED) is 0.818. The molecule has 1 aliphatic heterocycles. The van der Waals surface area contributed by atoms with E-state index in [1.54, 1.807) is 11.8 Å². The van der Waals surface area contributed by atoms with E-state index < -0.39 is 0 Å². The Morgan fingerprint density at radius 3 is 2.68 bits per heavy atom. The molecule has 2 aromatic rings. The predicted octanol–water partition coefficient (Wildman–Crippen LogP) is 2.15. The van der Waals surface area contributed by atoms with Crippen LogP contribution in [0.1, 0.15) is 34.7 Å². The second-order valence-electron chi connectivity index (χ2n) is 6.90. The molecule has 8 nitrogen and oxygen atoms in total. The van der Waals surface area contributed by atoms with Crippen LogP contribution in [0.25, 0.3) is 0 Å². The van der Waals surface area contributed by atoms with Gasteiger partial charge >= 0.3 is 6.09 Å². The zero-order valence-electron chi connectivity index (χ0n) is 15.9. The SMILES string of the molecule is Cc1ncc(N)c(C(=O)NCC2CCN(C(=O)OCc3ccccc3)CC2)n1. The number of benzene rings is 1. The summed E-state index contributed by atoms with van der Waals surface area (Å²) in [5.41, 5.74) is 7.21. The first-order valence-electron chi connectivity index (χ1n) is 9.36. The first-order valence-corrected chi connectivity index (χ1v) is 9.36. The van der Waals surface area contributed by atoms with E-state index in [4.69, 9.17) is 10.5 Å². The average Bonchev–Trinajstić information content (AvgIpc) is 2.73. The lowest BCUT2D eigenvalue weighted by molar-refractivity contribution is 0.0800. The average molecular weight is 383 g/mol. The number of piperidine rings is 1. The zero-order chi connectivity index (χ0) is 19.9. The van der Waals surface area contributed by atoms with E-state index in [1.807, 2.05) is 30.3 Å². The molecular formula is C20H25N5O3. The van der Waals surface area contributed by atoms with Gasteiger partial charge in [-0.3, -0.25) is 4.79 Å². The monoisotopic (exact) mass is 383 g/mol. The standard InChI is InChI=1S/C20H25N5O3/c1-14-22-12-17(21)18(24-14)19(26)23-11-15-7-9-25(10-8-15)20(27)28-13-16-5-3-2-4-6-16/h2-6,12,15H,7-11,13,21H2,1H3,(H,23,26). The van der Waals surface area contributed by atoms with Gasteiger partial charge in [-0.15, -0.1) is 0 Å². The molecule has 1 aromatic heterocycles. The number of nitrogens with one attached hydrogen (secondary N) is 1. The third kappa shape index (κ3) is 5.18. The van der Waals surface area contributed by atoms with Crippen molar-refractivity contribution in [2.45, 2.75) is 26.4 Å². The van der Waals surface area contributed by atoms with Gasteiger partial charge in [0.1, 0.15) is 12.4 Å². The molecule has 0 unspecified atom stereocenters. The van der Waals surface area contributed by atoms with Crippen molar-refractivity contribution in [1.82, 2.24) is 20.2 Å². The number of anilines is 1. The Hall–Kier alpha value is -3.16. The highest BCUT2D eigenvalue weighted by molar-refractivity contribution is 5.96. The molecule has 148 valence electrons. The summed E-state index contributed by atoms with van der Waals surface area (Å²) in [7, 11) is 0. The van der Waals surface area contributed by atoms with Crippen molar-refractivity contribution in [2.75, 3.05) is 25.4 Å². The van der Waals surface area contributed by atoms with E-state index in [1.165, 1.54) is 6.20 Å². The van der Waals surface area contributed by atoms with E-state index in [9.17, 15) is 9.59 Å². The van der Waals surface area contributed by atoms with Crippen LogP contribution in [0.2, 0.25) is 0 Å². The van der Waals surface area contributed by atoms with Crippen LogP contribution in [0.15, 0.2) is 36.5 Å². The summed E-state index contributed by atoms with van der Waals surface area (Å²) in [4.78, 5) is 34.3. The van der Waals surface area contributed by atoms with Gasteiger partial charge in [0.05, 0.1) is 11.9 Å². The molecule has 1 fully saturated rings. The lowest BCUT2D eigenvalue weighted by Gasteiger charge is -2.31. The van der Waals surface area contributed by atoms with Gasteiger partial charge in [0, 0.05) is 19.6 Å². The fraction of sp³-hybridized carbons (Fsp3) is 0.400. The minimum Gasteiger partial charge on any atom is -0.445 e. The molecule has 1 saturated heterocycles. The Bertz CT molecular complexity index is 820. The molecule has 0 radical (unpaired) electrons. The number of rotatable bonds is 5. The van der Waals surface area contributed by atoms with Crippen LogP contribution in [0.3, 0.4) is 0 Å². The molecule has 2 amide bonds. The number of likely N-dealkylation sites (tertiary alicyclic amines) is 1. The van der Waals surface area contributed by atoms with Crippen molar-refractivity contribution in [1.29, 1.82) is 0 Å². The zero-order valence-corrected chi connectivity index (χ0v) is 15.9. The Labute approximate surface area is 164 Å². The summed E-state index contributed by atoms with van der Waals surface area (Å²) in [5.74, 6) is 0.501. The Morgan fingerprint density at radius 1 is 1.25 bits per heavy atom. The van der Waals surface area contributed by atoms with Gasteiger partial charge in [-0.05, 0) is 31.2 Å². The van der Waals surface area contributed by atoms with Crippen molar-refractivity contribution in [3.63, 3.8) is 0 Å². The maximum atomic E-state index is 12.3. The second-order valence-corrected chi connectivity index (χ2v) is 6.90. The van der Waals surface area contributed by atoms with Gasteiger partial charge in [0.15, 0.2) is 5.69 Å². The summed E-state index contributed by atoms with van der Waals surface area (Å²) in [6, 6.07) is 9.61. The smallest absolute Gasteiger partial charge is 0.410 e. The van der Waals surface area contributed by atoms with Gasteiger partial charge in [0.2, 0.25) is 0 Å². The second kappa shape index (κ2) is 9.16. The number of nitrogen functional groups attached to an aromatic ring is 1. The highest BCUT2D eigenvalue weighted by Crippen LogP contribution is 2.18. The fourth-order valence-electron chi connectivity index (χ4n) is 3.11. The molecule has 0 bridgehead atoms. The van der Waals surface area contributed by atoms with Crippen LogP contribution in [0.4, 0.5) is 10.5 Å². The normalized spacial score (nSPS) is 14.5. The number of nitrogens with two attached hydrogens (primary N) is 1. The Kier molecular flexibility index (Phi) is 6.41. The summed E-state index contributed by atoms with van der Waals surface area (Å²) in [6.07, 6.45) is 2.75. The summed E-state index contributed by atoms with van der Waals surface area (Å²) >= 11 is 0. The first-order chi connectivity index (χ1) is 13.5. The molecule has 3 rings (SSSR count). The predicted molar refractivity (Wildman–Crippen MR) is 104 cm³/mol. The van der Waals surface area contributed by atoms with Gasteiger partial charge in [-0.2, -0.15) is 0 Å². The molecule has 0 aliphatic carbocycles. The van der Waals surface area contributed by atoms with E-state index in [0.29, 0.717) is 31.4 Å². The van der Waals surface area contributed by atoms with Crippen LogP contribution in [-0.4, -0.2) is 46.5 Å². The van der Waals surface area contributed by atoms with Crippen LogP contribution in [0.5, 0.6) is 0 Å². The van der Waals surface area contributed by atoms with E-state index in [-0.39, 0.29) is 30.0 Å². The number of carbonyl (C=O) groups excluding carboxylic acids is 2. The van der Waals surface area contributed by atoms with Crippen molar-refractivity contribution < 1.29 is 14.3 Å². The molecule has 1 aliphatic rings. The Balaban J connectivity index is 1.41. The Morgan fingerprint density at radius 2 is 1.96 bits per heavy atom. The fourth-order valence-corrected chi connectivity index (χ4v) is 3.11. The van der Waals surface area contributed by atoms with Gasteiger partial charge in [0.25, 0.3) is 5.91 Å². The number of amides is 2. The molecule has 0 saturated carbocycles. The number of aromatic nitrogens is 2. The van der Waals surface area contributed by atoms with Crippen molar-refractivity contribution in [3.05, 3.63) is 53.6 Å². The topological polar surface area (TPSA) is 110 Å². The third-order valence-electron chi connectivity index (χ3n) is 4.78. The minimum absolute atomic E-state index is 0.203. The van der Waals surface area contributed by atoms with Gasteiger partial charge < -0.3 is 20.7 Å². The van der Waals surface area contributed by atoms with E-state index >= 15 is 0 Å². The number of hydrogen-bond acceptors (Lipinski definition) is 6. The summed E-state index contributed by atoms with van der Waals surface area (Å²) in [6.45, 7) is 3.73. The number of carbonyl (C=O) groups is 2. The third-order valence-corrected chi connectivity index (χ3v) is 4.78.